The van der Waals surface area contributed by atoms with E-state index in [0.717, 1.165) is 27.9 Å². The van der Waals surface area contributed by atoms with Gasteiger partial charge in [-0.25, -0.2) is 9.37 Å². The number of aromatic nitrogens is 2. The number of aliphatic hydroxyl groups is 1. The van der Waals surface area contributed by atoms with Crippen LogP contribution in [-0.4, -0.2) is 39.8 Å². The second-order valence-corrected chi connectivity index (χ2v) is 9.21. The molecule has 35 heavy (non-hydrogen) atoms. The van der Waals surface area contributed by atoms with Crippen molar-refractivity contribution in [1.82, 2.24) is 9.55 Å². The molecule has 0 spiro atoms. The lowest BCUT2D eigenvalue weighted by Crippen LogP contribution is -2.27. The van der Waals surface area contributed by atoms with Gasteiger partial charge in [0.1, 0.15) is 30.1 Å². The summed E-state index contributed by atoms with van der Waals surface area (Å²) in [5, 5.41) is 10.9. The molecule has 1 fully saturated rings. The van der Waals surface area contributed by atoms with Crippen molar-refractivity contribution in [3.05, 3.63) is 89.5 Å². The SMILES string of the molecule is Cc1cc(C)cc(OC[C@H](O)Cn2c([C@H]3CC(=O)N(c4ccccc4F)C3)nc3ccccc32)c1. The van der Waals surface area contributed by atoms with E-state index in [2.05, 4.69) is 6.07 Å². The topological polar surface area (TPSA) is 67.6 Å². The molecule has 1 aliphatic rings. The van der Waals surface area contributed by atoms with Crippen molar-refractivity contribution in [2.45, 2.75) is 38.8 Å². The molecule has 4 aromatic rings. The van der Waals surface area contributed by atoms with Crippen molar-refractivity contribution in [3.8, 4) is 5.75 Å². The predicted octanol–water partition coefficient (Wildman–Crippen LogP) is 4.75. The van der Waals surface area contributed by atoms with Gasteiger partial charge in [0.2, 0.25) is 5.91 Å². The average Bonchev–Trinajstić information content (AvgIpc) is 3.38. The van der Waals surface area contributed by atoms with Crippen LogP contribution in [0.5, 0.6) is 5.75 Å². The highest BCUT2D eigenvalue weighted by Gasteiger charge is 2.36. The van der Waals surface area contributed by atoms with Crippen molar-refractivity contribution in [3.63, 3.8) is 0 Å². The quantitative estimate of drug-likeness (QED) is 0.421. The highest BCUT2D eigenvalue weighted by Crippen LogP contribution is 2.34. The minimum Gasteiger partial charge on any atom is -0.491 e. The Balaban J connectivity index is 1.39. The molecule has 2 atom stereocenters. The van der Waals surface area contributed by atoms with Crippen LogP contribution < -0.4 is 9.64 Å². The molecular formula is C28H28FN3O3. The van der Waals surface area contributed by atoms with Crippen LogP contribution in [0.1, 0.15) is 29.3 Å². The highest BCUT2D eigenvalue weighted by molar-refractivity contribution is 5.96. The standard InChI is InChI=1S/C28H28FN3O3/c1-18-11-19(2)13-22(12-18)35-17-21(33)16-32-26-10-6-4-8-24(26)30-28(32)20-14-27(34)31(15-20)25-9-5-3-7-23(25)29/h3-13,20-21,33H,14-17H2,1-2H3/t20-,21+/m0/s1. The van der Waals surface area contributed by atoms with Crippen LogP contribution in [0.15, 0.2) is 66.7 Å². The number of rotatable bonds is 7. The van der Waals surface area contributed by atoms with Crippen LogP contribution in [0.4, 0.5) is 10.1 Å². The first-order chi connectivity index (χ1) is 16.9. The summed E-state index contributed by atoms with van der Waals surface area (Å²) in [5.74, 6) is 0.649. The second kappa shape index (κ2) is 9.50. The monoisotopic (exact) mass is 473 g/mol. The summed E-state index contributed by atoms with van der Waals surface area (Å²) in [5.41, 5.74) is 4.15. The molecule has 1 aromatic heterocycles. The molecule has 0 aliphatic carbocycles. The number of carbonyl (C=O) groups excluding carboxylic acids is 1. The Kier molecular flexibility index (Phi) is 6.26. The zero-order chi connectivity index (χ0) is 24.5. The highest BCUT2D eigenvalue weighted by atomic mass is 19.1. The van der Waals surface area contributed by atoms with E-state index in [9.17, 15) is 14.3 Å². The van der Waals surface area contributed by atoms with E-state index in [-0.39, 0.29) is 37.1 Å². The average molecular weight is 474 g/mol. The van der Waals surface area contributed by atoms with Crippen LogP contribution in [0, 0.1) is 19.7 Å². The molecule has 0 unspecified atom stereocenters. The maximum absolute atomic E-state index is 14.4. The van der Waals surface area contributed by atoms with Crippen molar-refractivity contribution in [1.29, 1.82) is 0 Å². The summed E-state index contributed by atoms with van der Waals surface area (Å²) >= 11 is 0. The number of carbonyl (C=O) groups is 1. The van der Waals surface area contributed by atoms with Gasteiger partial charge in [-0.15, -0.1) is 0 Å². The number of nitrogens with zero attached hydrogens (tertiary/aromatic N) is 3. The van der Waals surface area contributed by atoms with E-state index in [1.54, 1.807) is 18.2 Å². The molecule has 3 aromatic carbocycles. The summed E-state index contributed by atoms with van der Waals surface area (Å²) in [7, 11) is 0. The fraction of sp³-hybridized carbons (Fsp3) is 0.286. The molecule has 1 saturated heterocycles. The third kappa shape index (κ3) is 4.77. The van der Waals surface area contributed by atoms with Crippen LogP contribution in [-0.2, 0) is 11.3 Å². The van der Waals surface area contributed by atoms with Crippen LogP contribution in [0.3, 0.4) is 0 Å². The third-order valence-electron chi connectivity index (χ3n) is 6.35. The molecule has 5 rings (SSSR count). The van der Waals surface area contributed by atoms with E-state index >= 15 is 0 Å². The Morgan fingerprint density at radius 2 is 1.80 bits per heavy atom. The van der Waals surface area contributed by atoms with Gasteiger partial charge in [-0.1, -0.05) is 30.3 Å². The first-order valence-electron chi connectivity index (χ1n) is 11.8. The van der Waals surface area contributed by atoms with Crippen LogP contribution in [0.25, 0.3) is 11.0 Å². The summed E-state index contributed by atoms with van der Waals surface area (Å²) in [6.45, 7) is 4.74. The van der Waals surface area contributed by atoms with Gasteiger partial charge in [-0.2, -0.15) is 0 Å². The van der Waals surface area contributed by atoms with E-state index in [0.29, 0.717) is 12.4 Å². The lowest BCUT2D eigenvalue weighted by molar-refractivity contribution is -0.117. The van der Waals surface area contributed by atoms with Gasteiger partial charge in [-0.3, -0.25) is 4.79 Å². The number of aliphatic hydroxyl groups excluding tert-OH is 1. The van der Waals surface area contributed by atoms with Crippen molar-refractivity contribution < 1.29 is 19.0 Å². The molecule has 7 heteroatoms. The van der Waals surface area contributed by atoms with Crippen LogP contribution >= 0.6 is 0 Å². The Hall–Kier alpha value is -3.71. The molecule has 1 N–H and O–H groups in total. The molecule has 0 radical (unpaired) electrons. The molecular weight excluding hydrogens is 445 g/mol. The number of hydrogen-bond donors (Lipinski definition) is 1. The molecule has 180 valence electrons. The van der Waals surface area contributed by atoms with Gasteiger partial charge in [0.15, 0.2) is 0 Å². The lowest BCUT2D eigenvalue weighted by Gasteiger charge is -2.19. The Labute approximate surface area is 203 Å². The Bertz CT molecular complexity index is 1360. The number of benzene rings is 3. The Morgan fingerprint density at radius 1 is 1.09 bits per heavy atom. The third-order valence-corrected chi connectivity index (χ3v) is 6.35. The van der Waals surface area contributed by atoms with E-state index in [4.69, 9.17) is 9.72 Å². The summed E-state index contributed by atoms with van der Waals surface area (Å²) in [4.78, 5) is 19.1. The normalized spacial score (nSPS) is 16.7. The van der Waals surface area contributed by atoms with Gasteiger partial charge >= 0.3 is 0 Å². The van der Waals surface area contributed by atoms with Crippen LogP contribution in [0.2, 0.25) is 0 Å². The summed E-state index contributed by atoms with van der Waals surface area (Å²) in [6, 6.07) is 20.0. The van der Waals surface area contributed by atoms with Gasteiger partial charge in [0.25, 0.3) is 0 Å². The minimum atomic E-state index is -0.785. The number of amides is 1. The van der Waals surface area contributed by atoms with Gasteiger partial charge in [-0.05, 0) is 61.4 Å². The second-order valence-electron chi connectivity index (χ2n) is 9.21. The number of ether oxygens (including phenoxy) is 1. The van der Waals surface area contributed by atoms with Gasteiger partial charge in [0.05, 0.1) is 23.3 Å². The fourth-order valence-electron chi connectivity index (χ4n) is 4.85. The summed E-state index contributed by atoms with van der Waals surface area (Å²) < 4.78 is 22.2. The predicted molar refractivity (Wildman–Crippen MR) is 133 cm³/mol. The first-order valence-corrected chi connectivity index (χ1v) is 11.8. The van der Waals surface area contributed by atoms with Crippen molar-refractivity contribution >= 4 is 22.6 Å². The number of para-hydroxylation sites is 3. The Morgan fingerprint density at radius 3 is 2.57 bits per heavy atom. The smallest absolute Gasteiger partial charge is 0.227 e. The first kappa shape index (κ1) is 23.1. The molecule has 1 amide bonds. The molecule has 2 heterocycles. The largest absolute Gasteiger partial charge is 0.491 e. The number of fused-ring (bicyclic) bond motifs is 1. The van der Waals surface area contributed by atoms with Crippen molar-refractivity contribution in [2.75, 3.05) is 18.1 Å². The van der Waals surface area contributed by atoms with Crippen molar-refractivity contribution in [2.24, 2.45) is 0 Å². The number of hydrogen-bond acceptors (Lipinski definition) is 4. The fourth-order valence-corrected chi connectivity index (χ4v) is 4.85. The maximum atomic E-state index is 14.4. The minimum absolute atomic E-state index is 0.125. The van der Waals surface area contributed by atoms with E-state index < -0.39 is 11.9 Å². The number of imidazole rings is 1. The van der Waals surface area contributed by atoms with Gasteiger partial charge < -0.3 is 19.3 Å². The number of anilines is 1. The summed E-state index contributed by atoms with van der Waals surface area (Å²) in [6.07, 6.45) is -0.556. The maximum Gasteiger partial charge on any atom is 0.227 e. The van der Waals surface area contributed by atoms with E-state index in [1.807, 2.05) is 54.8 Å². The molecule has 0 saturated carbocycles. The molecule has 6 nitrogen and oxygen atoms in total. The lowest BCUT2D eigenvalue weighted by atomic mass is 10.1. The van der Waals surface area contributed by atoms with E-state index in [1.165, 1.54) is 11.0 Å². The molecule has 1 aliphatic heterocycles. The van der Waals surface area contributed by atoms with Gasteiger partial charge in [0, 0.05) is 18.9 Å². The zero-order valence-electron chi connectivity index (χ0n) is 19.8. The number of aryl methyl sites for hydroxylation is 2. The number of halogens is 1. The zero-order valence-corrected chi connectivity index (χ0v) is 19.8. The molecule has 0 bridgehead atoms.